The van der Waals surface area contributed by atoms with E-state index in [9.17, 15) is 4.39 Å². The van der Waals surface area contributed by atoms with Gasteiger partial charge in [-0.15, -0.1) is 0 Å². The molecule has 0 spiro atoms. The molecule has 0 bridgehead atoms. The lowest BCUT2D eigenvalue weighted by atomic mass is 10.2. The quantitative estimate of drug-likeness (QED) is 0.831. The summed E-state index contributed by atoms with van der Waals surface area (Å²) < 4.78 is 13.6. The predicted molar refractivity (Wildman–Crippen MR) is 72.3 cm³/mol. The lowest BCUT2D eigenvalue weighted by molar-refractivity contribution is 0.630. The number of nitrogens with one attached hydrogen (secondary N) is 1. The molecule has 92 valence electrons. The average molecular weight is 262 g/mol. The number of halogens is 1. The first kappa shape index (κ1) is 12.4. The van der Waals surface area contributed by atoms with E-state index in [1.165, 1.54) is 18.5 Å². The molecule has 0 fully saturated rings. The molecule has 1 aromatic carbocycles. The molecule has 6 heteroatoms. The second kappa shape index (κ2) is 5.05. The van der Waals surface area contributed by atoms with Crippen LogP contribution >= 0.6 is 12.2 Å². The first-order valence-corrected chi connectivity index (χ1v) is 5.62. The largest absolute Gasteiger partial charge is 0.388 e. The third-order valence-corrected chi connectivity index (χ3v) is 2.50. The van der Waals surface area contributed by atoms with Crippen molar-refractivity contribution in [1.29, 1.82) is 0 Å². The molecule has 0 amide bonds. The summed E-state index contributed by atoms with van der Waals surface area (Å²) in [7, 11) is 0. The summed E-state index contributed by atoms with van der Waals surface area (Å²) in [5.74, 6) is 0.0907. The van der Waals surface area contributed by atoms with Crippen molar-refractivity contribution in [1.82, 2.24) is 9.97 Å². The Morgan fingerprint density at radius 2 is 2.11 bits per heavy atom. The van der Waals surface area contributed by atoms with E-state index in [0.717, 1.165) is 5.56 Å². The monoisotopic (exact) mass is 262 g/mol. The number of nitrogens with zero attached hydrogens (tertiary/aromatic N) is 2. The van der Waals surface area contributed by atoms with Crippen LogP contribution in [0.2, 0.25) is 0 Å². The Hall–Kier alpha value is -2.08. The molecule has 0 atom stereocenters. The van der Waals surface area contributed by atoms with E-state index in [1.54, 1.807) is 6.07 Å². The molecule has 0 radical (unpaired) electrons. The molecule has 1 aromatic heterocycles. The van der Waals surface area contributed by atoms with Gasteiger partial charge in [0.2, 0.25) is 0 Å². The van der Waals surface area contributed by atoms with Crippen molar-refractivity contribution in [2.45, 2.75) is 6.92 Å². The second-order valence-corrected chi connectivity index (χ2v) is 4.20. The molecule has 0 aliphatic heterocycles. The molecule has 0 aliphatic rings. The zero-order valence-electron chi connectivity index (χ0n) is 9.64. The molecule has 18 heavy (non-hydrogen) atoms. The van der Waals surface area contributed by atoms with Crippen LogP contribution in [-0.4, -0.2) is 15.0 Å². The first-order valence-electron chi connectivity index (χ1n) is 5.21. The molecule has 1 heterocycles. The third-order valence-electron chi connectivity index (χ3n) is 2.29. The fourth-order valence-corrected chi connectivity index (χ4v) is 1.48. The number of rotatable bonds is 3. The van der Waals surface area contributed by atoms with Gasteiger partial charge in [0.1, 0.15) is 22.3 Å². The molecular formula is C12H11FN4S. The van der Waals surface area contributed by atoms with Gasteiger partial charge in [-0.25, -0.2) is 14.4 Å². The van der Waals surface area contributed by atoms with Gasteiger partial charge >= 0.3 is 0 Å². The number of thiocarbonyl (C=S) groups is 1. The van der Waals surface area contributed by atoms with Crippen molar-refractivity contribution >= 4 is 28.7 Å². The molecule has 0 saturated carbocycles. The summed E-state index contributed by atoms with van der Waals surface area (Å²) >= 11 is 4.77. The molecule has 2 aromatic rings. The van der Waals surface area contributed by atoms with E-state index in [-0.39, 0.29) is 10.8 Å². The van der Waals surface area contributed by atoms with Crippen molar-refractivity contribution < 1.29 is 4.39 Å². The van der Waals surface area contributed by atoms with E-state index < -0.39 is 0 Å². The normalized spacial score (nSPS) is 10.1. The minimum Gasteiger partial charge on any atom is -0.388 e. The fourth-order valence-electron chi connectivity index (χ4n) is 1.38. The van der Waals surface area contributed by atoms with Gasteiger partial charge in [-0.2, -0.15) is 0 Å². The van der Waals surface area contributed by atoms with Crippen LogP contribution in [0.15, 0.2) is 30.6 Å². The topological polar surface area (TPSA) is 63.8 Å². The third kappa shape index (κ3) is 2.78. The van der Waals surface area contributed by atoms with Crippen LogP contribution in [-0.2, 0) is 0 Å². The van der Waals surface area contributed by atoms with Gasteiger partial charge < -0.3 is 11.1 Å². The smallest absolute Gasteiger partial charge is 0.148 e. The Morgan fingerprint density at radius 1 is 1.33 bits per heavy atom. The summed E-state index contributed by atoms with van der Waals surface area (Å²) in [5.41, 5.74) is 7.04. The minimum atomic E-state index is -0.338. The van der Waals surface area contributed by atoms with Gasteiger partial charge in [-0.1, -0.05) is 18.3 Å². The lowest BCUT2D eigenvalue weighted by Gasteiger charge is -2.07. The van der Waals surface area contributed by atoms with Crippen LogP contribution in [0.25, 0.3) is 0 Å². The van der Waals surface area contributed by atoms with Crippen LogP contribution < -0.4 is 11.1 Å². The van der Waals surface area contributed by atoms with Crippen molar-refractivity contribution in [3.8, 4) is 0 Å². The zero-order valence-corrected chi connectivity index (χ0v) is 10.5. The summed E-state index contributed by atoms with van der Waals surface area (Å²) in [6, 6.07) is 4.90. The van der Waals surface area contributed by atoms with E-state index in [4.69, 9.17) is 18.0 Å². The number of anilines is 2. The van der Waals surface area contributed by atoms with Crippen LogP contribution in [0.3, 0.4) is 0 Å². The molecule has 0 unspecified atom stereocenters. The maximum absolute atomic E-state index is 13.6. The van der Waals surface area contributed by atoms with Gasteiger partial charge in [-0.3, -0.25) is 0 Å². The number of benzene rings is 1. The standard InChI is InChI=1S/C12H11FN4S/c1-7-2-3-9(8(13)4-7)17-11-6-15-10(5-16-11)12(14)18/h2-6H,1H3,(H2,14,18)(H,16,17). The minimum absolute atomic E-state index is 0.176. The number of hydrogen-bond acceptors (Lipinski definition) is 4. The number of nitrogens with two attached hydrogens (primary N) is 1. The highest BCUT2D eigenvalue weighted by atomic mass is 32.1. The zero-order chi connectivity index (χ0) is 13.1. The van der Waals surface area contributed by atoms with Crippen molar-refractivity contribution in [3.05, 3.63) is 47.7 Å². The van der Waals surface area contributed by atoms with Crippen molar-refractivity contribution in [2.24, 2.45) is 5.73 Å². The summed E-state index contributed by atoms with van der Waals surface area (Å²) in [6.07, 6.45) is 2.89. The number of hydrogen-bond donors (Lipinski definition) is 2. The lowest BCUT2D eigenvalue weighted by Crippen LogP contribution is -2.12. The molecule has 2 rings (SSSR count). The van der Waals surface area contributed by atoms with Gasteiger partial charge in [0.15, 0.2) is 0 Å². The van der Waals surface area contributed by atoms with Crippen LogP contribution in [0, 0.1) is 12.7 Å². The highest BCUT2D eigenvalue weighted by molar-refractivity contribution is 7.80. The SMILES string of the molecule is Cc1ccc(Nc2cnc(C(N)=S)cn2)c(F)c1. The van der Waals surface area contributed by atoms with E-state index >= 15 is 0 Å². The number of aromatic nitrogens is 2. The first-order chi connectivity index (χ1) is 8.56. The maximum Gasteiger partial charge on any atom is 0.148 e. The predicted octanol–water partition coefficient (Wildman–Crippen LogP) is 2.30. The van der Waals surface area contributed by atoms with Gasteiger partial charge in [0.05, 0.1) is 18.1 Å². The highest BCUT2D eigenvalue weighted by Crippen LogP contribution is 2.18. The van der Waals surface area contributed by atoms with Crippen LogP contribution in [0.5, 0.6) is 0 Å². The maximum atomic E-state index is 13.6. The van der Waals surface area contributed by atoms with Crippen LogP contribution in [0.1, 0.15) is 11.3 Å². The summed E-state index contributed by atoms with van der Waals surface area (Å²) in [5, 5.41) is 2.83. The molecule has 0 saturated heterocycles. The Morgan fingerprint density at radius 3 is 2.67 bits per heavy atom. The van der Waals surface area contributed by atoms with E-state index in [0.29, 0.717) is 17.2 Å². The number of aryl methyl sites for hydroxylation is 1. The Balaban J connectivity index is 2.21. The van der Waals surface area contributed by atoms with Crippen molar-refractivity contribution in [2.75, 3.05) is 5.32 Å². The molecule has 3 N–H and O–H groups in total. The van der Waals surface area contributed by atoms with E-state index in [1.807, 2.05) is 13.0 Å². The summed E-state index contributed by atoms with van der Waals surface area (Å²) in [6.45, 7) is 1.82. The van der Waals surface area contributed by atoms with Gasteiger partial charge in [-0.05, 0) is 24.6 Å². The van der Waals surface area contributed by atoms with Crippen LogP contribution in [0.4, 0.5) is 15.9 Å². The Labute approximate surface area is 109 Å². The van der Waals surface area contributed by atoms with Gasteiger partial charge in [0, 0.05) is 0 Å². The Kier molecular flexibility index (Phi) is 3.47. The fraction of sp³-hybridized carbons (Fsp3) is 0.0833. The average Bonchev–Trinajstić information content (AvgIpc) is 2.33. The molecule has 0 aliphatic carbocycles. The highest BCUT2D eigenvalue weighted by Gasteiger charge is 2.04. The molecule has 4 nitrogen and oxygen atoms in total. The second-order valence-electron chi connectivity index (χ2n) is 3.76. The molecular weight excluding hydrogens is 251 g/mol. The van der Waals surface area contributed by atoms with Gasteiger partial charge in [0.25, 0.3) is 0 Å². The van der Waals surface area contributed by atoms with Crippen molar-refractivity contribution in [3.63, 3.8) is 0 Å². The Bertz CT molecular complexity index is 583. The van der Waals surface area contributed by atoms with E-state index in [2.05, 4.69) is 15.3 Å². The summed E-state index contributed by atoms with van der Waals surface area (Å²) in [4.78, 5) is 8.24.